The molecule has 0 aliphatic rings. The molecule has 3 aromatic heterocycles. The predicted molar refractivity (Wildman–Crippen MR) is 77.7 cm³/mol. The second kappa shape index (κ2) is 5.06. The minimum Gasteiger partial charge on any atom is -0.437 e. The lowest BCUT2D eigenvalue weighted by atomic mass is 10.2. The van der Waals surface area contributed by atoms with Crippen molar-refractivity contribution in [2.75, 3.05) is 0 Å². The summed E-state index contributed by atoms with van der Waals surface area (Å²) in [7, 11) is 0. The van der Waals surface area contributed by atoms with Crippen molar-refractivity contribution in [1.82, 2.24) is 9.38 Å². The smallest absolute Gasteiger partial charge is 0.256 e. The summed E-state index contributed by atoms with van der Waals surface area (Å²) in [6.45, 7) is 3.83. The molecule has 0 unspecified atom stereocenters. The Morgan fingerprint density at radius 3 is 2.95 bits per heavy atom. The van der Waals surface area contributed by atoms with Crippen LogP contribution in [0.1, 0.15) is 22.6 Å². The predicted octanol–water partition coefficient (Wildman–Crippen LogP) is 3.71. The average Bonchev–Trinajstić information content (AvgIpc) is 2.96. The standard InChI is InChI=1S/C15H13N3OS/c1-10-11(2)19-15(17-10)20-9-12-8-18-6-4-3-5-14(18)13(12)7-16/h3-6,8H,9H2,1-2H3. The van der Waals surface area contributed by atoms with Crippen molar-refractivity contribution in [2.24, 2.45) is 0 Å². The van der Waals surface area contributed by atoms with Crippen molar-refractivity contribution < 1.29 is 4.42 Å². The SMILES string of the molecule is Cc1nc(SCc2cn3ccccc3c2C#N)oc1C. The van der Waals surface area contributed by atoms with E-state index in [-0.39, 0.29) is 0 Å². The van der Waals surface area contributed by atoms with Crippen molar-refractivity contribution in [2.45, 2.75) is 24.8 Å². The van der Waals surface area contributed by atoms with Crippen LogP contribution >= 0.6 is 11.8 Å². The van der Waals surface area contributed by atoms with Gasteiger partial charge in [0.05, 0.1) is 16.8 Å². The maximum absolute atomic E-state index is 9.34. The van der Waals surface area contributed by atoms with Crippen molar-refractivity contribution >= 4 is 17.3 Å². The van der Waals surface area contributed by atoms with Crippen LogP contribution in [0.25, 0.3) is 5.52 Å². The fourth-order valence-corrected chi connectivity index (χ4v) is 2.94. The summed E-state index contributed by atoms with van der Waals surface area (Å²) in [5, 5.41) is 9.99. The fourth-order valence-electron chi connectivity index (χ4n) is 2.06. The third-order valence-electron chi connectivity index (χ3n) is 3.23. The molecule has 0 spiro atoms. The lowest BCUT2D eigenvalue weighted by Crippen LogP contribution is -1.82. The van der Waals surface area contributed by atoms with E-state index in [1.54, 1.807) is 0 Å². The molecule has 0 atom stereocenters. The summed E-state index contributed by atoms with van der Waals surface area (Å²) in [6.07, 6.45) is 3.94. The average molecular weight is 283 g/mol. The van der Waals surface area contributed by atoms with Crippen molar-refractivity contribution in [3.8, 4) is 6.07 Å². The van der Waals surface area contributed by atoms with Gasteiger partial charge in [-0.2, -0.15) is 5.26 Å². The monoisotopic (exact) mass is 283 g/mol. The van der Waals surface area contributed by atoms with E-state index in [9.17, 15) is 5.26 Å². The van der Waals surface area contributed by atoms with Gasteiger partial charge in [-0.05, 0) is 31.5 Å². The van der Waals surface area contributed by atoms with E-state index in [1.165, 1.54) is 11.8 Å². The Bertz CT molecular complexity index is 791. The van der Waals surface area contributed by atoms with Crippen LogP contribution < -0.4 is 0 Å². The number of nitriles is 1. The van der Waals surface area contributed by atoms with Crippen LogP contribution in [0.15, 0.2) is 40.2 Å². The van der Waals surface area contributed by atoms with E-state index in [0.29, 0.717) is 11.0 Å². The van der Waals surface area contributed by atoms with Gasteiger partial charge in [-0.15, -0.1) is 0 Å². The highest BCUT2D eigenvalue weighted by molar-refractivity contribution is 7.98. The van der Waals surface area contributed by atoms with E-state index < -0.39 is 0 Å². The first-order valence-corrected chi connectivity index (χ1v) is 7.23. The zero-order valence-corrected chi connectivity index (χ0v) is 12.1. The van der Waals surface area contributed by atoms with Crippen LogP contribution in [-0.2, 0) is 5.75 Å². The van der Waals surface area contributed by atoms with Crippen molar-refractivity contribution in [1.29, 1.82) is 5.26 Å². The Hall–Kier alpha value is -2.19. The highest BCUT2D eigenvalue weighted by Gasteiger charge is 2.12. The molecule has 0 aromatic carbocycles. The van der Waals surface area contributed by atoms with Crippen molar-refractivity contribution in [3.05, 3.63) is 53.2 Å². The highest BCUT2D eigenvalue weighted by Crippen LogP contribution is 2.27. The molecule has 0 fully saturated rings. The molecule has 0 bridgehead atoms. The molecule has 0 amide bonds. The molecule has 0 saturated heterocycles. The molecular weight excluding hydrogens is 270 g/mol. The van der Waals surface area contributed by atoms with Gasteiger partial charge in [0.15, 0.2) is 0 Å². The number of oxazole rings is 1. The minimum absolute atomic E-state index is 0.652. The van der Waals surface area contributed by atoms with Crippen LogP contribution in [0, 0.1) is 25.2 Å². The maximum Gasteiger partial charge on any atom is 0.256 e. The molecular formula is C15H13N3OS. The summed E-state index contributed by atoms with van der Waals surface area (Å²) in [4.78, 5) is 4.34. The number of pyridine rings is 1. The zero-order valence-electron chi connectivity index (χ0n) is 11.3. The third kappa shape index (κ3) is 2.19. The van der Waals surface area contributed by atoms with Crippen LogP contribution in [0.5, 0.6) is 0 Å². The second-order valence-corrected chi connectivity index (χ2v) is 5.47. The van der Waals surface area contributed by atoms with Gasteiger partial charge in [0.25, 0.3) is 5.22 Å². The van der Waals surface area contributed by atoms with Gasteiger partial charge in [0.1, 0.15) is 11.8 Å². The number of hydrogen-bond donors (Lipinski definition) is 0. The molecule has 5 heteroatoms. The summed E-state index contributed by atoms with van der Waals surface area (Å²) in [5.41, 5.74) is 3.57. The van der Waals surface area contributed by atoms with E-state index in [0.717, 1.165) is 28.1 Å². The van der Waals surface area contributed by atoms with E-state index in [2.05, 4.69) is 11.1 Å². The van der Waals surface area contributed by atoms with Crippen molar-refractivity contribution in [3.63, 3.8) is 0 Å². The summed E-state index contributed by atoms with van der Waals surface area (Å²) in [6, 6.07) is 8.13. The zero-order chi connectivity index (χ0) is 14.1. The van der Waals surface area contributed by atoms with Gasteiger partial charge in [-0.25, -0.2) is 4.98 Å². The normalized spacial score (nSPS) is 10.8. The number of thioether (sulfide) groups is 1. The molecule has 4 nitrogen and oxygen atoms in total. The summed E-state index contributed by atoms with van der Waals surface area (Å²) in [5.74, 6) is 1.51. The minimum atomic E-state index is 0.652. The van der Waals surface area contributed by atoms with Gasteiger partial charge >= 0.3 is 0 Å². The summed E-state index contributed by atoms with van der Waals surface area (Å²) < 4.78 is 7.52. The molecule has 3 aromatic rings. The van der Waals surface area contributed by atoms with Crippen LogP contribution in [0.2, 0.25) is 0 Å². The number of nitrogens with zero attached hydrogens (tertiary/aromatic N) is 3. The number of hydrogen-bond acceptors (Lipinski definition) is 4. The Kier molecular flexibility index (Phi) is 3.25. The topological polar surface area (TPSA) is 54.2 Å². The molecule has 0 aliphatic carbocycles. The maximum atomic E-state index is 9.34. The molecule has 0 N–H and O–H groups in total. The Morgan fingerprint density at radius 1 is 1.40 bits per heavy atom. The summed E-state index contributed by atoms with van der Waals surface area (Å²) >= 11 is 1.51. The highest BCUT2D eigenvalue weighted by atomic mass is 32.2. The lowest BCUT2D eigenvalue weighted by molar-refractivity contribution is 0.431. The van der Waals surface area contributed by atoms with Crippen LogP contribution in [0.4, 0.5) is 0 Å². The number of aryl methyl sites for hydroxylation is 2. The first-order chi connectivity index (χ1) is 9.69. The number of aromatic nitrogens is 2. The third-order valence-corrected chi connectivity index (χ3v) is 4.11. The molecule has 0 saturated carbocycles. The number of fused-ring (bicyclic) bond motifs is 1. The van der Waals surface area contributed by atoms with E-state index in [1.807, 2.05) is 48.8 Å². The van der Waals surface area contributed by atoms with Crippen LogP contribution in [-0.4, -0.2) is 9.38 Å². The van der Waals surface area contributed by atoms with Gasteiger partial charge in [-0.3, -0.25) is 0 Å². The Balaban J connectivity index is 1.89. The Morgan fingerprint density at radius 2 is 2.25 bits per heavy atom. The molecule has 100 valence electrons. The molecule has 0 aliphatic heterocycles. The Labute approximate surface area is 121 Å². The molecule has 3 rings (SSSR count). The first-order valence-electron chi connectivity index (χ1n) is 6.24. The van der Waals surface area contributed by atoms with Gasteiger partial charge < -0.3 is 8.82 Å². The molecule has 0 radical (unpaired) electrons. The van der Waals surface area contributed by atoms with Crippen LogP contribution in [0.3, 0.4) is 0 Å². The van der Waals surface area contributed by atoms with Gasteiger partial charge in [0, 0.05) is 18.1 Å². The first kappa shape index (κ1) is 12.8. The second-order valence-electron chi connectivity index (χ2n) is 4.54. The van der Waals surface area contributed by atoms with Gasteiger partial charge in [-0.1, -0.05) is 17.8 Å². The fraction of sp³-hybridized carbons (Fsp3) is 0.200. The van der Waals surface area contributed by atoms with Gasteiger partial charge in [0.2, 0.25) is 0 Å². The number of rotatable bonds is 3. The molecule has 20 heavy (non-hydrogen) atoms. The lowest BCUT2D eigenvalue weighted by Gasteiger charge is -1.95. The van der Waals surface area contributed by atoms with E-state index >= 15 is 0 Å². The quantitative estimate of drug-likeness (QED) is 0.688. The largest absolute Gasteiger partial charge is 0.437 e. The molecule has 3 heterocycles. The van der Waals surface area contributed by atoms with E-state index in [4.69, 9.17) is 4.42 Å².